The van der Waals surface area contributed by atoms with Crippen LogP contribution in [-0.4, -0.2) is 23.9 Å². The van der Waals surface area contributed by atoms with Crippen LogP contribution in [0.25, 0.3) is 0 Å². The molecule has 1 fully saturated rings. The molecule has 1 saturated heterocycles. The summed E-state index contributed by atoms with van der Waals surface area (Å²) in [5.41, 5.74) is 6.48. The van der Waals surface area contributed by atoms with Gasteiger partial charge in [-0.05, 0) is 36.8 Å². The quantitative estimate of drug-likeness (QED) is 0.622. The average molecular weight is 246 g/mol. The number of hydrogen-bond donors (Lipinski definition) is 2. The van der Waals surface area contributed by atoms with Gasteiger partial charge in [-0.15, -0.1) is 0 Å². The molecule has 0 bridgehead atoms. The molecule has 0 aliphatic carbocycles. The molecule has 1 aromatic heterocycles. The van der Waals surface area contributed by atoms with Gasteiger partial charge in [0.15, 0.2) is 0 Å². The first-order valence-corrected chi connectivity index (χ1v) is 6.54. The summed E-state index contributed by atoms with van der Waals surface area (Å²) in [4.78, 5) is 6.77. The van der Waals surface area contributed by atoms with Crippen molar-refractivity contribution in [2.24, 2.45) is 11.1 Å². The number of anilines is 1. The van der Waals surface area contributed by atoms with Gasteiger partial charge >= 0.3 is 0 Å². The SMILES string of the molecule is CC1(C)CCCN(c2cccc(C(=N)N)n2)CC1. The lowest BCUT2D eigenvalue weighted by molar-refractivity contribution is 0.325. The van der Waals surface area contributed by atoms with E-state index in [1.54, 1.807) is 6.07 Å². The van der Waals surface area contributed by atoms with Crippen LogP contribution in [0.1, 0.15) is 38.8 Å². The van der Waals surface area contributed by atoms with E-state index >= 15 is 0 Å². The highest BCUT2D eigenvalue weighted by molar-refractivity contribution is 5.93. The second-order valence-corrected chi connectivity index (χ2v) is 5.80. The van der Waals surface area contributed by atoms with Crippen LogP contribution in [-0.2, 0) is 0 Å². The van der Waals surface area contributed by atoms with E-state index < -0.39 is 0 Å². The minimum absolute atomic E-state index is 0.0343. The third-order valence-electron chi connectivity index (χ3n) is 3.67. The molecule has 18 heavy (non-hydrogen) atoms. The molecule has 0 amide bonds. The third kappa shape index (κ3) is 3.00. The Morgan fingerprint density at radius 2 is 2.11 bits per heavy atom. The fourth-order valence-electron chi connectivity index (χ4n) is 2.40. The van der Waals surface area contributed by atoms with Gasteiger partial charge in [0, 0.05) is 13.1 Å². The van der Waals surface area contributed by atoms with Gasteiger partial charge in [0.1, 0.15) is 17.3 Å². The predicted molar refractivity (Wildman–Crippen MR) is 75.1 cm³/mol. The number of rotatable bonds is 2. The van der Waals surface area contributed by atoms with Gasteiger partial charge < -0.3 is 10.6 Å². The summed E-state index contributed by atoms with van der Waals surface area (Å²) < 4.78 is 0. The summed E-state index contributed by atoms with van der Waals surface area (Å²) in [6.45, 7) is 6.73. The predicted octanol–water partition coefficient (Wildman–Crippen LogP) is 2.38. The summed E-state index contributed by atoms with van der Waals surface area (Å²) in [5.74, 6) is 0.979. The number of hydrogen-bond acceptors (Lipinski definition) is 3. The van der Waals surface area contributed by atoms with E-state index in [0.717, 1.165) is 18.9 Å². The largest absolute Gasteiger partial charge is 0.382 e. The van der Waals surface area contributed by atoms with E-state index in [1.807, 2.05) is 12.1 Å². The molecule has 2 heterocycles. The van der Waals surface area contributed by atoms with Crippen LogP contribution in [0.4, 0.5) is 5.82 Å². The zero-order valence-electron chi connectivity index (χ0n) is 11.2. The van der Waals surface area contributed by atoms with E-state index in [9.17, 15) is 0 Å². The Hall–Kier alpha value is -1.58. The molecule has 0 aromatic carbocycles. The van der Waals surface area contributed by atoms with Crippen molar-refractivity contribution >= 4 is 11.7 Å². The van der Waals surface area contributed by atoms with Crippen molar-refractivity contribution in [3.8, 4) is 0 Å². The van der Waals surface area contributed by atoms with Crippen molar-refractivity contribution in [2.75, 3.05) is 18.0 Å². The Labute approximate surface area is 109 Å². The zero-order valence-corrected chi connectivity index (χ0v) is 11.2. The van der Waals surface area contributed by atoms with Gasteiger partial charge in [-0.1, -0.05) is 19.9 Å². The molecule has 0 atom stereocenters. The standard InChI is InChI=1S/C14H22N4/c1-14(2)7-4-9-18(10-8-14)12-6-3-5-11(17-12)13(15)16/h3,5-6H,4,7-10H2,1-2H3,(H3,15,16). The molecule has 1 aliphatic rings. The maximum Gasteiger partial charge on any atom is 0.141 e. The maximum absolute atomic E-state index is 7.45. The van der Waals surface area contributed by atoms with Gasteiger partial charge in [0.2, 0.25) is 0 Å². The van der Waals surface area contributed by atoms with Crippen LogP contribution >= 0.6 is 0 Å². The number of amidine groups is 1. The summed E-state index contributed by atoms with van der Waals surface area (Å²) in [6.07, 6.45) is 3.63. The van der Waals surface area contributed by atoms with Crippen LogP contribution in [0.5, 0.6) is 0 Å². The Morgan fingerprint density at radius 3 is 2.83 bits per heavy atom. The smallest absolute Gasteiger partial charge is 0.141 e. The first-order valence-electron chi connectivity index (χ1n) is 6.54. The lowest BCUT2D eigenvalue weighted by atomic mass is 9.85. The first kappa shape index (κ1) is 12.9. The molecule has 4 nitrogen and oxygen atoms in total. The molecular weight excluding hydrogens is 224 g/mol. The number of pyridine rings is 1. The highest BCUT2D eigenvalue weighted by Crippen LogP contribution is 2.31. The number of nitrogen functional groups attached to an aromatic ring is 1. The second kappa shape index (κ2) is 4.96. The molecule has 98 valence electrons. The molecule has 0 saturated carbocycles. The van der Waals surface area contributed by atoms with Crippen LogP contribution < -0.4 is 10.6 Å². The summed E-state index contributed by atoms with van der Waals surface area (Å²) in [7, 11) is 0. The van der Waals surface area contributed by atoms with E-state index in [-0.39, 0.29) is 5.84 Å². The Bertz CT molecular complexity index is 439. The van der Waals surface area contributed by atoms with Crippen molar-refractivity contribution in [3.63, 3.8) is 0 Å². The van der Waals surface area contributed by atoms with Crippen LogP contribution in [0.3, 0.4) is 0 Å². The van der Waals surface area contributed by atoms with Crippen molar-refractivity contribution in [1.29, 1.82) is 5.41 Å². The molecule has 0 radical (unpaired) electrons. The topological polar surface area (TPSA) is 66.0 Å². The first-order chi connectivity index (χ1) is 8.48. The van der Waals surface area contributed by atoms with Crippen LogP contribution in [0.2, 0.25) is 0 Å². The highest BCUT2D eigenvalue weighted by atomic mass is 15.2. The van der Waals surface area contributed by atoms with E-state index in [1.165, 1.54) is 19.3 Å². The molecule has 1 aliphatic heterocycles. The number of nitrogens with zero attached hydrogens (tertiary/aromatic N) is 2. The highest BCUT2D eigenvalue weighted by Gasteiger charge is 2.23. The maximum atomic E-state index is 7.45. The molecule has 1 aromatic rings. The fraction of sp³-hybridized carbons (Fsp3) is 0.571. The van der Waals surface area contributed by atoms with E-state index in [2.05, 4.69) is 23.7 Å². The van der Waals surface area contributed by atoms with Crippen molar-refractivity contribution in [3.05, 3.63) is 23.9 Å². The van der Waals surface area contributed by atoms with Gasteiger partial charge in [-0.25, -0.2) is 4.98 Å². The van der Waals surface area contributed by atoms with E-state index in [4.69, 9.17) is 11.1 Å². The molecule has 3 N–H and O–H groups in total. The van der Waals surface area contributed by atoms with Gasteiger partial charge in [0.05, 0.1) is 0 Å². The average Bonchev–Trinajstić information content (AvgIpc) is 2.50. The lowest BCUT2D eigenvalue weighted by Crippen LogP contribution is -2.26. The van der Waals surface area contributed by atoms with Crippen LogP contribution in [0.15, 0.2) is 18.2 Å². The molecule has 0 spiro atoms. The Kier molecular flexibility index (Phi) is 3.55. The van der Waals surface area contributed by atoms with Gasteiger partial charge in [0.25, 0.3) is 0 Å². The molecule has 0 unspecified atom stereocenters. The van der Waals surface area contributed by atoms with Crippen molar-refractivity contribution in [1.82, 2.24) is 4.98 Å². The fourth-order valence-corrected chi connectivity index (χ4v) is 2.40. The Morgan fingerprint density at radius 1 is 1.33 bits per heavy atom. The number of nitrogens with two attached hydrogens (primary N) is 1. The Balaban J connectivity index is 2.16. The third-order valence-corrected chi connectivity index (χ3v) is 3.67. The van der Waals surface area contributed by atoms with E-state index in [0.29, 0.717) is 11.1 Å². The normalized spacial score (nSPS) is 19.3. The lowest BCUT2D eigenvalue weighted by Gasteiger charge is -2.24. The summed E-state index contributed by atoms with van der Waals surface area (Å²) in [6, 6.07) is 5.72. The number of aromatic nitrogens is 1. The van der Waals surface area contributed by atoms with Gasteiger partial charge in [-0.3, -0.25) is 5.41 Å². The summed E-state index contributed by atoms with van der Waals surface area (Å²) in [5, 5.41) is 7.45. The summed E-state index contributed by atoms with van der Waals surface area (Å²) >= 11 is 0. The van der Waals surface area contributed by atoms with Gasteiger partial charge in [-0.2, -0.15) is 0 Å². The zero-order chi connectivity index (χ0) is 13.2. The molecule has 4 heteroatoms. The van der Waals surface area contributed by atoms with Crippen molar-refractivity contribution < 1.29 is 0 Å². The molecular formula is C14H22N4. The second-order valence-electron chi connectivity index (χ2n) is 5.80. The van der Waals surface area contributed by atoms with Crippen molar-refractivity contribution in [2.45, 2.75) is 33.1 Å². The minimum atomic E-state index is 0.0343. The monoisotopic (exact) mass is 246 g/mol. The minimum Gasteiger partial charge on any atom is -0.382 e. The molecule has 2 rings (SSSR count). The number of nitrogens with one attached hydrogen (secondary N) is 1. The van der Waals surface area contributed by atoms with Crippen LogP contribution in [0, 0.1) is 10.8 Å².